The van der Waals surface area contributed by atoms with Gasteiger partial charge in [-0.25, -0.2) is 9.67 Å². The number of nitrogens with zero attached hydrogens (tertiary/aromatic N) is 3. The van der Waals surface area contributed by atoms with Crippen LogP contribution in [0.3, 0.4) is 0 Å². The fraction of sp³-hybridized carbons (Fsp3) is 0.150. The number of hydrogen-bond donors (Lipinski definition) is 2. The number of para-hydroxylation sites is 1. The zero-order chi connectivity index (χ0) is 18.4. The predicted octanol–water partition coefficient (Wildman–Crippen LogP) is 3.10. The van der Waals surface area contributed by atoms with Crippen LogP contribution in [-0.2, 0) is 6.54 Å². The number of aromatic nitrogens is 3. The molecule has 2 aromatic heterocycles. The van der Waals surface area contributed by atoms with E-state index < -0.39 is 0 Å². The van der Waals surface area contributed by atoms with Crippen LogP contribution in [0.1, 0.15) is 21.6 Å². The molecule has 0 spiro atoms. The van der Waals surface area contributed by atoms with E-state index in [1.54, 1.807) is 24.4 Å². The van der Waals surface area contributed by atoms with E-state index in [4.69, 9.17) is 0 Å². The Morgan fingerprint density at radius 2 is 2.08 bits per heavy atom. The Kier molecular flexibility index (Phi) is 5.43. The van der Waals surface area contributed by atoms with Crippen molar-refractivity contribution in [3.05, 3.63) is 84.3 Å². The molecule has 2 N–H and O–H groups in total. The molecule has 2 heterocycles. The third kappa shape index (κ3) is 4.16. The van der Waals surface area contributed by atoms with Gasteiger partial charge in [-0.2, -0.15) is 5.10 Å². The second-order valence-corrected chi connectivity index (χ2v) is 5.81. The summed E-state index contributed by atoms with van der Waals surface area (Å²) in [4.78, 5) is 16.2. The van der Waals surface area contributed by atoms with E-state index in [-0.39, 0.29) is 5.91 Å². The van der Waals surface area contributed by atoms with E-state index in [0.29, 0.717) is 24.5 Å². The molecule has 132 valence electrons. The molecule has 6 heteroatoms. The first-order valence-corrected chi connectivity index (χ1v) is 8.37. The Hall–Kier alpha value is -3.41. The average Bonchev–Trinajstić information content (AvgIpc) is 3.11. The molecule has 3 aromatic rings. The molecule has 26 heavy (non-hydrogen) atoms. The van der Waals surface area contributed by atoms with Crippen molar-refractivity contribution in [1.82, 2.24) is 20.1 Å². The van der Waals surface area contributed by atoms with Crippen LogP contribution in [0.2, 0.25) is 0 Å². The maximum Gasteiger partial charge on any atom is 0.253 e. The number of rotatable bonds is 7. The molecule has 1 aromatic carbocycles. The highest BCUT2D eigenvalue weighted by atomic mass is 16.1. The van der Waals surface area contributed by atoms with Gasteiger partial charge in [-0.05, 0) is 36.8 Å². The van der Waals surface area contributed by atoms with Gasteiger partial charge in [-0.15, -0.1) is 6.58 Å². The fourth-order valence-electron chi connectivity index (χ4n) is 2.52. The summed E-state index contributed by atoms with van der Waals surface area (Å²) in [5.74, 6) is 0.542. The van der Waals surface area contributed by atoms with E-state index in [0.717, 1.165) is 16.9 Å². The predicted molar refractivity (Wildman–Crippen MR) is 102 cm³/mol. The average molecular weight is 347 g/mol. The first-order chi connectivity index (χ1) is 12.7. The standard InChI is InChI=1S/C20H21N5O/c1-3-11-21-20(26)17-8-9-19(23-14-17)22-13-16-6-4-5-7-18(16)25-12-10-15(2)24-25/h3-10,12,14H,1,11,13H2,2H3,(H,21,26)(H,22,23). The number of carbonyl (C=O) groups is 1. The zero-order valence-electron chi connectivity index (χ0n) is 14.6. The minimum absolute atomic E-state index is 0.164. The molecule has 0 unspecified atom stereocenters. The van der Waals surface area contributed by atoms with Crippen molar-refractivity contribution in [2.45, 2.75) is 13.5 Å². The highest BCUT2D eigenvalue weighted by Crippen LogP contribution is 2.16. The van der Waals surface area contributed by atoms with Crippen LogP contribution in [0.25, 0.3) is 5.69 Å². The molecule has 0 saturated carbocycles. The van der Waals surface area contributed by atoms with Gasteiger partial charge in [-0.1, -0.05) is 24.3 Å². The summed E-state index contributed by atoms with van der Waals surface area (Å²) >= 11 is 0. The Bertz CT molecular complexity index is 899. The van der Waals surface area contributed by atoms with Gasteiger partial charge >= 0.3 is 0 Å². The minimum atomic E-state index is -0.164. The van der Waals surface area contributed by atoms with Crippen LogP contribution >= 0.6 is 0 Å². The lowest BCUT2D eigenvalue weighted by molar-refractivity contribution is 0.0957. The van der Waals surface area contributed by atoms with Crippen molar-refractivity contribution in [3.8, 4) is 5.69 Å². The Morgan fingerprint density at radius 1 is 1.23 bits per heavy atom. The molecule has 6 nitrogen and oxygen atoms in total. The van der Waals surface area contributed by atoms with Crippen molar-refractivity contribution in [2.75, 3.05) is 11.9 Å². The molecular formula is C20H21N5O. The number of nitrogens with one attached hydrogen (secondary N) is 2. The first kappa shape index (κ1) is 17.4. The number of aryl methyl sites for hydroxylation is 1. The first-order valence-electron chi connectivity index (χ1n) is 8.37. The summed E-state index contributed by atoms with van der Waals surface area (Å²) in [6.07, 6.45) is 5.15. The number of pyridine rings is 1. The number of amides is 1. The third-order valence-corrected chi connectivity index (χ3v) is 3.85. The lowest BCUT2D eigenvalue weighted by Crippen LogP contribution is -2.23. The maximum absolute atomic E-state index is 11.9. The summed E-state index contributed by atoms with van der Waals surface area (Å²) in [6.45, 7) is 6.58. The molecule has 0 bridgehead atoms. The van der Waals surface area contributed by atoms with Gasteiger partial charge in [0.15, 0.2) is 0 Å². The van der Waals surface area contributed by atoms with Crippen molar-refractivity contribution >= 4 is 11.7 Å². The monoisotopic (exact) mass is 347 g/mol. The summed E-state index contributed by atoms with van der Waals surface area (Å²) < 4.78 is 1.87. The number of anilines is 1. The van der Waals surface area contributed by atoms with E-state index >= 15 is 0 Å². The SMILES string of the molecule is C=CCNC(=O)c1ccc(NCc2ccccc2-n2ccc(C)n2)nc1. The molecule has 0 radical (unpaired) electrons. The van der Waals surface area contributed by atoms with Crippen LogP contribution in [0.15, 0.2) is 67.5 Å². The van der Waals surface area contributed by atoms with Gasteiger partial charge in [0, 0.05) is 25.5 Å². The van der Waals surface area contributed by atoms with Crippen LogP contribution < -0.4 is 10.6 Å². The fourth-order valence-corrected chi connectivity index (χ4v) is 2.52. The minimum Gasteiger partial charge on any atom is -0.366 e. The molecule has 1 amide bonds. The van der Waals surface area contributed by atoms with Crippen molar-refractivity contribution in [2.24, 2.45) is 0 Å². The Morgan fingerprint density at radius 3 is 2.77 bits per heavy atom. The van der Waals surface area contributed by atoms with Crippen LogP contribution in [0, 0.1) is 6.92 Å². The van der Waals surface area contributed by atoms with Gasteiger partial charge in [0.05, 0.1) is 16.9 Å². The normalized spacial score (nSPS) is 10.3. The van der Waals surface area contributed by atoms with Gasteiger partial charge < -0.3 is 10.6 Å². The van der Waals surface area contributed by atoms with Gasteiger partial charge in [0.1, 0.15) is 5.82 Å². The van der Waals surface area contributed by atoms with Gasteiger partial charge in [0.25, 0.3) is 5.91 Å². The molecule has 3 rings (SSSR count). The molecular weight excluding hydrogens is 326 g/mol. The van der Waals surface area contributed by atoms with E-state index in [9.17, 15) is 4.79 Å². The quantitative estimate of drug-likeness (QED) is 0.644. The molecule has 0 aliphatic carbocycles. The van der Waals surface area contributed by atoms with Crippen LogP contribution in [0.4, 0.5) is 5.82 Å². The van der Waals surface area contributed by atoms with E-state index in [2.05, 4.69) is 33.4 Å². The van der Waals surface area contributed by atoms with Crippen molar-refractivity contribution in [1.29, 1.82) is 0 Å². The van der Waals surface area contributed by atoms with Gasteiger partial charge in [0.2, 0.25) is 0 Å². The van der Waals surface area contributed by atoms with E-state index in [1.807, 2.05) is 42.1 Å². The lowest BCUT2D eigenvalue weighted by atomic mass is 10.1. The number of hydrogen-bond acceptors (Lipinski definition) is 4. The highest BCUT2D eigenvalue weighted by molar-refractivity contribution is 5.94. The topological polar surface area (TPSA) is 71.8 Å². The van der Waals surface area contributed by atoms with Crippen LogP contribution in [-0.4, -0.2) is 27.2 Å². The molecule has 0 aliphatic rings. The number of benzene rings is 1. The largest absolute Gasteiger partial charge is 0.366 e. The molecule has 0 aliphatic heterocycles. The van der Waals surface area contributed by atoms with E-state index in [1.165, 1.54) is 0 Å². The second-order valence-electron chi connectivity index (χ2n) is 5.81. The zero-order valence-corrected chi connectivity index (χ0v) is 14.6. The smallest absolute Gasteiger partial charge is 0.253 e. The number of carbonyl (C=O) groups excluding carboxylic acids is 1. The summed E-state index contributed by atoms with van der Waals surface area (Å²) in [5.41, 5.74) is 3.61. The molecule has 0 atom stereocenters. The highest BCUT2D eigenvalue weighted by Gasteiger charge is 2.07. The third-order valence-electron chi connectivity index (χ3n) is 3.85. The van der Waals surface area contributed by atoms with Crippen molar-refractivity contribution in [3.63, 3.8) is 0 Å². The molecule has 0 fully saturated rings. The Labute approximate surface area is 152 Å². The molecule has 0 saturated heterocycles. The summed E-state index contributed by atoms with van der Waals surface area (Å²) in [7, 11) is 0. The summed E-state index contributed by atoms with van der Waals surface area (Å²) in [6, 6.07) is 13.6. The van der Waals surface area contributed by atoms with Gasteiger partial charge in [-0.3, -0.25) is 4.79 Å². The Balaban J connectivity index is 1.68. The second kappa shape index (κ2) is 8.11. The van der Waals surface area contributed by atoms with Crippen LogP contribution in [0.5, 0.6) is 0 Å². The van der Waals surface area contributed by atoms with Crippen molar-refractivity contribution < 1.29 is 4.79 Å². The lowest BCUT2D eigenvalue weighted by Gasteiger charge is -2.11. The maximum atomic E-state index is 11.9. The summed E-state index contributed by atoms with van der Waals surface area (Å²) in [5, 5.41) is 10.5.